The summed E-state index contributed by atoms with van der Waals surface area (Å²) in [5.74, 6) is 0.977. The van der Waals surface area contributed by atoms with Crippen LogP contribution < -0.4 is 5.32 Å². The molecule has 1 saturated heterocycles. The summed E-state index contributed by atoms with van der Waals surface area (Å²) in [6, 6.07) is 6.62. The Hall–Kier alpha value is -1.35. The maximum absolute atomic E-state index is 12.8. The van der Waals surface area contributed by atoms with Gasteiger partial charge in [0.05, 0.1) is 6.04 Å². The predicted octanol–water partition coefficient (Wildman–Crippen LogP) is 3.35. The Morgan fingerprint density at radius 3 is 2.95 bits per heavy atom. The second-order valence-corrected chi connectivity index (χ2v) is 6.90. The molecule has 0 saturated carbocycles. The van der Waals surface area contributed by atoms with E-state index in [0.717, 1.165) is 25.1 Å². The molecule has 0 radical (unpaired) electrons. The molecule has 0 spiro atoms. The van der Waals surface area contributed by atoms with E-state index in [-0.39, 0.29) is 11.8 Å². The van der Waals surface area contributed by atoms with Gasteiger partial charge in [0.1, 0.15) is 0 Å². The van der Waals surface area contributed by atoms with Gasteiger partial charge in [-0.25, -0.2) is 0 Å². The van der Waals surface area contributed by atoms with Crippen LogP contribution >= 0.6 is 0 Å². The number of rotatable bonds is 3. The fourth-order valence-electron chi connectivity index (χ4n) is 3.69. The van der Waals surface area contributed by atoms with Crippen LogP contribution in [0.2, 0.25) is 0 Å². The van der Waals surface area contributed by atoms with Gasteiger partial charge in [-0.05, 0) is 69.3 Å². The number of hydrogen-bond acceptors (Lipinski definition) is 3. The van der Waals surface area contributed by atoms with Crippen molar-refractivity contribution in [2.24, 2.45) is 5.92 Å². The lowest BCUT2D eigenvalue weighted by Gasteiger charge is -2.34. The summed E-state index contributed by atoms with van der Waals surface area (Å²) in [4.78, 5) is 15.1. The van der Waals surface area contributed by atoms with Crippen molar-refractivity contribution in [2.45, 2.75) is 52.1 Å². The van der Waals surface area contributed by atoms with Gasteiger partial charge in [-0.3, -0.25) is 9.69 Å². The van der Waals surface area contributed by atoms with Crippen molar-refractivity contribution in [3.63, 3.8) is 0 Å². The molecule has 1 N–H and O–H groups in total. The third-order valence-corrected chi connectivity index (χ3v) is 4.93. The number of ketones is 1. The number of carbonyl (C=O) groups excluding carboxylic acids is 1. The molecule has 0 aromatic heterocycles. The van der Waals surface area contributed by atoms with Gasteiger partial charge in [0.15, 0.2) is 5.78 Å². The van der Waals surface area contributed by atoms with Crippen LogP contribution in [0.4, 0.5) is 5.69 Å². The number of benzene rings is 1. The van der Waals surface area contributed by atoms with Gasteiger partial charge in [-0.1, -0.05) is 6.92 Å². The third kappa shape index (κ3) is 2.98. The zero-order valence-electron chi connectivity index (χ0n) is 13.4. The molecular formula is C18H26N2O. The summed E-state index contributed by atoms with van der Waals surface area (Å²) in [7, 11) is 0. The molecule has 3 unspecified atom stereocenters. The average Bonchev–Trinajstić information content (AvgIpc) is 2.84. The molecule has 2 heterocycles. The average molecular weight is 286 g/mol. The summed E-state index contributed by atoms with van der Waals surface area (Å²) in [6.45, 7) is 8.64. The second-order valence-electron chi connectivity index (χ2n) is 6.90. The van der Waals surface area contributed by atoms with E-state index >= 15 is 0 Å². The maximum Gasteiger partial charge on any atom is 0.179 e. The van der Waals surface area contributed by atoms with Gasteiger partial charge in [0.25, 0.3) is 0 Å². The summed E-state index contributed by atoms with van der Waals surface area (Å²) in [6.07, 6.45) is 3.52. The van der Waals surface area contributed by atoms with Crippen molar-refractivity contribution in [3.05, 3.63) is 29.3 Å². The molecule has 1 fully saturated rings. The van der Waals surface area contributed by atoms with E-state index in [2.05, 4.69) is 43.1 Å². The molecule has 21 heavy (non-hydrogen) atoms. The van der Waals surface area contributed by atoms with Gasteiger partial charge >= 0.3 is 0 Å². The van der Waals surface area contributed by atoms with Gasteiger partial charge < -0.3 is 5.32 Å². The second kappa shape index (κ2) is 5.80. The van der Waals surface area contributed by atoms with Crippen molar-refractivity contribution >= 4 is 11.5 Å². The highest BCUT2D eigenvalue weighted by atomic mass is 16.1. The normalized spacial score (nSPS) is 27.0. The SMILES string of the molecule is CC1CCCN(C(C)C(=O)c2ccc3c(c2)CC(C)N3)C1. The van der Waals surface area contributed by atoms with E-state index in [1.54, 1.807) is 0 Å². The van der Waals surface area contributed by atoms with Crippen LogP contribution in [0.25, 0.3) is 0 Å². The monoisotopic (exact) mass is 286 g/mol. The number of nitrogens with one attached hydrogen (secondary N) is 1. The molecule has 1 aromatic carbocycles. The van der Waals surface area contributed by atoms with Crippen LogP contribution in [-0.4, -0.2) is 35.9 Å². The van der Waals surface area contributed by atoms with Gasteiger partial charge in [-0.15, -0.1) is 0 Å². The number of hydrogen-bond donors (Lipinski definition) is 1. The fourth-order valence-corrected chi connectivity index (χ4v) is 3.69. The van der Waals surface area contributed by atoms with Crippen LogP contribution in [0.15, 0.2) is 18.2 Å². The molecule has 2 aliphatic heterocycles. The lowest BCUT2D eigenvalue weighted by Crippen LogP contribution is -2.44. The number of carbonyl (C=O) groups is 1. The van der Waals surface area contributed by atoms with Crippen LogP contribution in [0.3, 0.4) is 0 Å². The predicted molar refractivity (Wildman–Crippen MR) is 87.0 cm³/mol. The Bertz CT molecular complexity index is 540. The summed E-state index contributed by atoms with van der Waals surface area (Å²) in [5.41, 5.74) is 3.35. The number of piperidine rings is 1. The molecule has 2 aliphatic rings. The molecule has 3 heteroatoms. The van der Waals surface area contributed by atoms with E-state index in [1.807, 2.05) is 6.07 Å². The van der Waals surface area contributed by atoms with E-state index in [0.29, 0.717) is 12.0 Å². The minimum atomic E-state index is -0.00224. The summed E-state index contributed by atoms with van der Waals surface area (Å²) < 4.78 is 0. The highest BCUT2D eigenvalue weighted by Crippen LogP contribution is 2.27. The first-order valence-electron chi connectivity index (χ1n) is 8.22. The van der Waals surface area contributed by atoms with Crippen LogP contribution in [-0.2, 0) is 6.42 Å². The molecule has 3 atom stereocenters. The number of fused-ring (bicyclic) bond motifs is 1. The fraction of sp³-hybridized carbons (Fsp3) is 0.611. The van der Waals surface area contributed by atoms with Crippen molar-refractivity contribution in [2.75, 3.05) is 18.4 Å². The molecule has 3 nitrogen and oxygen atoms in total. The number of nitrogens with zero attached hydrogens (tertiary/aromatic N) is 1. The van der Waals surface area contributed by atoms with Crippen LogP contribution in [0.5, 0.6) is 0 Å². The van der Waals surface area contributed by atoms with Crippen LogP contribution in [0, 0.1) is 5.92 Å². The minimum Gasteiger partial charge on any atom is -0.382 e. The lowest BCUT2D eigenvalue weighted by atomic mass is 9.95. The Morgan fingerprint density at radius 1 is 1.38 bits per heavy atom. The summed E-state index contributed by atoms with van der Waals surface area (Å²) >= 11 is 0. The largest absolute Gasteiger partial charge is 0.382 e. The lowest BCUT2D eigenvalue weighted by molar-refractivity contribution is 0.0765. The highest BCUT2D eigenvalue weighted by molar-refractivity contribution is 6.00. The molecule has 0 aliphatic carbocycles. The molecule has 1 aromatic rings. The molecular weight excluding hydrogens is 260 g/mol. The quantitative estimate of drug-likeness (QED) is 0.865. The first-order valence-corrected chi connectivity index (χ1v) is 8.22. The van der Waals surface area contributed by atoms with Crippen molar-refractivity contribution in [1.29, 1.82) is 0 Å². The van der Waals surface area contributed by atoms with E-state index in [4.69, 9.17) is 0 Å². The minimum absolute atomic E-state index is 0.00224. The standard InChI is InChI=1S/C18H26N2O/c1-12-5-4-8-20(11-12)14(3)18(21)15-6-7-17-16(10-15)9-13(2)19-17/h6-7,10,12-14,19H,4-5,8-9,11H2,1-3H3. The van der Waals surface area contributed by atoms with Gasteiger partial charge in [0.2, 0.25) is 0 Å². The molecule has 3 rings (SSSR count). The maximum atomic E-state index is 12.8. The van der Waals surface area contributed by atoms with E-state index < -0.39 is 0 Å². The van der Waals surface area contributed by atoms with Gasteiger partial charge in [0, 0.05) is 23.8 Å². The van der Waals surface area contributed by atoms with Crippen molar-refractivity contribution in [1.82, 2.24) is 4.90 Å². The zero-order chi connectivity index (χ0) is 15.0. The van der Waals surface area contributed by atoms with E-state index in [9.17, 15) is 4.79 Å². The Balaban J connectivity index is 1.74. The number of anilines is 1. The van der Waals surface area contributed by atoms with Gasteiger partial charge in [-0.2, -0.15) is 0 Å². The topological polar surface area (TPSA) is 32.3 Å². The van der Waals surface area contributed by atoms with Crippen molar-refractivity contribution in [3.8, 4) is 0 Å². The summed E-state index contributed by atoms with van der Waals surface area (Å²) in [5, 5.41) is 3.44. The number of likely N-dealkylation sites (tertiary alicyclic amines) is 1. The number of Topliss-reactive ketones (excluding diaryl/α,β-unsaturated/α-hetero) is 1. The third-order valence-electron chi connectivity index (χ3n) is 4.93. The molecule has 114 valence electrons. The first kappa shape index (κ1) is 14.6. The Labute approximate surface area is 127 Å². The Kier molecular flexibility index (Phi) is 4.03. The highest BCUT2D eigenvalue weighted by Gasteiger charge is 2.27. The zero-order valence-corrected chi connectivity index (χ0v) is 13.4. The first-order chi connectivity index (χ1) is 10.0. The Morgan fingerprint density at radius 2 is 2.19 bits per heavy atom. The van der Waals surface area contributed by atoms with Crippen LogP contribution in [0.1, 0.15) is 49.5 Å². The van der Waals surface area contributed by atoms with Crippen molar-refractivity contribution < 1.29 is 4.79 Å². The molecule has 0 bridgehead atoms. The van der Waals surface area contributed by atoms with E-state index in [1.165, 1.54) is 24.1 Å². The molecule has 0 amide bonds. The smallest absolute Gasteiger partial charge is 0.179 e.